The summed E-state index contributed by atoms with van der Waals surface area (Å²) in [4.78, 5) is 39.9. The minimum Gasteiger partial charge on any atom is -0.508 e. The van der Waals surface area contributed by atoms with E-state index in [-0.39, 0.29) is 29.3 Å². The van der Waals surface area contributed by atoms with Crippen LogP contribution in [0.3, 0.4) is 0 Å². The molecule has 0 bridgehead atoms. The van der Waals surface area contributed by atoms with Crippen LogP contribution in [0.4, 0.5) is 11.4 Å². The van der Waals surface area contributed by atoms with E-state index in [0.717, 1.165) is 25.1 Å². The number of nitrogens with zero attached hydrogens (tertiary/aromatic N) is 7. The molecule has 2 aliphatic rings. The van der Waals surface area contributed by atoms with Gasteiger partial charge in [-0.2, -0.15) is 5.26 Å². The van der Waals surface area contributed by atoms with Crippen molar-refractivity contribution in [1.29, 1.82) is 5.26 Å². The third-order valence-electron chi connectivity index (χ3n) is 10.5. The van der Waals surface area contributed by atoms with Crippen LogP contribution in [0, 0.1) is 25.2 Å². The van der Waals surface area contributed by atoms with Crippen LogP contribution in [0.25, 0.3) is 11.3 Å². The van der Waals surface area contributed by atoms with E-state index in [1.807, 2.05) is 42.5 Å². The number of rotatable bonds is 7. The van der Waals surface area contributed by atoms with Crippen LogP contribution in [0.15, 0.2) is 72.9 Å². The Labute approximate surface area is 307 Å². The summed E-state index contributed by atoms with van der Waals surface area (Å²) < 4.78 is 9.21. The van der Waals surface area contributed by atoms with Gasteiger partial charge in [0.15, 0.2) is 0 Å². The fourth-order valence-electron chi connectivity index (χ4n) is 7.29. The molecule has 3 aromatic heterocycles. The topological polar surface area (TPSA) is 120 Å². The van der Waals surface area contributed by atoms with Crippen molar-refractivity contribution in [2.45, 2.75) is 32.9 Å². The van der Waals surface area contributed by atoms with E-state index in [1.165, 1.54) is 23.9 Å². The number of benzene rings is 2. The molecule has 0 radical (unpaired) electrons. The predicted molar refractivity (Wildman–Crippen MR) is 199 cm³/mol. The Balaban J connectivity index is 1.29. The highest BCUT2D eigenvalue weighted by Crippen LogP contribution is 2.37. The molecular weight excluding hydrogens is 678 g/mol. The summed E-state index contributed by atoms with van der Waals surface area (Å²) in [6, 6.07) is 21.9. The minimum absolute atomic E-state index is 0.0619. The van der Waals surface area contributed by atoms with Crippen LogP contribution in [0.2, 0.25) is 5.02 Å². The third kappa shape index (κ3) is 6.45. The van der Waals surface area contributed by atoms with Crippen LogP contribution >= 0.6 is 11.6 Å². The molecule has 1 atom stereocenters. The number of ether oxygens (including phenoxy) is 1. The van der Waals surface area contributed by atoms with E-state index in [2.05, 4.69) is 28.1 Å². The number of aromatic hydroxyl groups is 1. The second kappa shape index (κ2) is 14.3. The fraction of sp³-hybridized carbons (Fsp3) is 0.300. The molecule has 266 valence electrons. The molecule has 0 spiro atoms. The lowest BCUT2D eigenvalue weighted by Gasteiger charge is -2.40. The Morgan fingerprint density at radius 3 is 2.40 bits per heavy atom. The first kappa shape index (κ1) is 35.0. The molecule has 2 aliphatic heterocycles. The number of nitriles is 1. The molecule has 5 heterocycles. The van der Waals surface area contributed by atoms with Crippen molar-refractivity contribution in [3.8, 4) is 23.1 Å². The second-order valence-corrected chi connectivity index (χ2v) is 13.9. The number of phenolic OH excluding ortho intramolecular Hbond substituents is 1. The van der Waals surface area contributed by atoms with Crippen molar-refractivity contribution in [3.63, 3.8) is 0 Å². The maximum atomic E-state index is 14.8. The molecule has 1 saturated heterocycles. The average molecular weight is 718 g/mol. The number of carbonyl (C=O) groups is 2. The Morgan fingerprint density at radius 1 is 1.00 bits per heavy atom. The van der Waals surface area contributed by atoms with Crippen LogP contribution in [-0.2, 0) is 31.8 Å². The molecule has 12 heteroatoms. The Hall–Kier alpha value is -5.41. The highest BCUT2D eigenvalue weighted by Gasteiger charge is 2.35. The Bertz CT molecular complexity index is 2210. The van der Waals surface area contributed by atoms with E-state index < -0.39 is 0 Å². The summed E-state index contributed by atoms with van der Waals surface area (Å²) >= 11 is 6.58. The maximum absolute atomic E-state index is 14.8. The predicted octanol–water partition coefficient (Wildman–Crippen LogP) is 6.15. The van der Waals surface area contributed by atoms with E-state index in [4.69, 9.17) is 16.3 Å². The highest BCUT2D eigenvalue weighted by molar-refractivity contribution is 6.31. The molecule has 5 aromatic rings. The number of phenols is 1. The Kier molecular flexibility index (Phi) is 9.63. The molecular formula is C40H40ClN7O4. The first-order chi connectivity index (χ1) is 25.0. The van der Waals surface area contributed by atoms with Gasteiger partial charge >= 0.3 is 0 Å². The van der Waals surface area contributed by atoms with Gasteiger partial charge < -0.3 is 23.9 Å². The number of halogens is 1. The normalized spacial score (nSPS) is 16.0. The zero-order valence-corrected chi connectivity index (χ0v) is 30.4. The van der Waals surface area contributed by atoms with Gasteiger partial charge in [-0.25, -0.2) is 4.98 Å². The molecule has 0 saturated carbocycles. The van der Waals surface area contributed by atoms with E-state index in [9.17, 15) is 20.0 Å². The number of amides is 2. The van der Waals surface area contributed by atoms with Gasteiger partial charge in [0, 0.05) is 75.2 Å². The van der Waals surface area contributed by atoms with Gasteiger partial charge in [0.05, 0.1) is 35.2 Å². The van der Waals surface area contributed by atoms with Crippen molar-refractivity contribution in [2.75, 3.05) is 37.7 Å². The summed E-state index contributed by atoms with van der Waals surface area (Å²) in [5.41, 5.74) is 6.95. The van der Waals surface area contributed by atoms with Gasteiger partial charge in [0.2, 0.25) is 0 Å². The Morgan fingerprint density at radius 2 is 1.71 bits per heavy atom. The fourth-order valence-corrected chi connectivity index (χ4v) is 7.45. The van der Waals surface area contributed by atoms with E-state index >= 15 is 0 Å². The first-order valence-corrected chi connectivity index (χ1v) is 17.6. The lowest BCUT2D eigenvalue weighted by Crippen LogP contribution is -2.52. The van der Waals surface area contributed by atoms with Crippen molar-refractivity contribution in [3.05, 3.63) is 117 Å². The zero-order valence-electron chi connectivity index (χ0n) is 29.6. The number of fused-ring (bicyclic) bond motifs is 1. The summed E-state index contributed by atoms with van der Waals surface area (Å²) in [7, 11) is 3.63. The van der Waals surface area contributed by atoms with Crippen molar-refractivity contribution >= 4 is 34.8 Å². The van der Waals surface area contributed by atoms with Crippen LogP contribution in [0.5, 0.6) is 5.75 Å². The standard InChI is InChI=1S/C40H40ClN7O4/c1-25-34(39(50)48(30-9-11-33(49)12-10-30)36-19-31(21-42)44(3)26(36)2)20-37(45(25)4)35-18-29(41)22-43-38(35)40(51)47-23-28-8-6-5-7-27(28)17-32(47)24-46-13-15-52-16-14-46/h5-12,18-20,22,32,49H,13-17,23-24H2,1-4H3. The first-order valence-electron chi connectivity index (χ1n) is 17.3. The molecule has 52 heavy (non-hydrogen) atoms. The summed E-state index contributed by atoms with van der Waals surface area (Å²) in [5.74, 6) is -0.489. The monoisotopic (exact) mass is 717 g/mol. The molecule has 0 aliphatic carbocycles. The smallest absolute Gasteiger partial charge is 0.273 e. The average Bonchev–Trinajstić information content (AvgIpc) is 3.61. The van der Waals surface area contributed by atoms with Crippen molar-refractivity contribution in [1.82, 2.24) is 23.9 Å². The quantitative estimate of drug-likeness (QED) is 0.215. The largest absolute Gasteiger partial charge is 0.508 e. The minimum atomic E-state index is -0.343. The number of hydrogen-bond donors (Lipinski definition) is 1. The SMILES string of the molecule is Cc1c(N(C(=O)c2cc(-c3cc(Cl)cnc3C(=O)N3Cc4ccccc4CC3CN3CCOCC3)n(C)c2C)c2ccc(O)cc2)cc(C#N)n1C. The van der Waals surface area contributed by atoms with Crippen LogP contribution < -0.4 is 4.90 Å². The molecule has 1 unspecified atom stereocenters. The summed E-state index contributed by atoms with van der Waals surface area (Å²) in [6.07, 6.45) is 2.22. The molecule has 2 amide bonds. The molecule has 1 fully saturated rings. The summed E-state index contributed by atoms with van der Waals surface area (Å²) in [6.45, 7) is 7.82. The number of hydrogen-bond acceptors (Lipinski definition) is 7. The third-order valence-corrected chi connectivity index (χ3v) is 10.7. The second-order valence-electron chi connectivity index (χ2n) is 13.4. The van der Waals surface area contributed by atoms with Gasteiger partial charge in [-0.3, -0.25) is 19.4 Å². The van der Waals surface area contributed by atoms with Crippen LogP contribution in [-0.4, -0.2) is 79.7 Å². The number of pyridine rings is 1. The highest BCUT2D eigenvalue weighted by atomic mass is 35.5. The number of aromatic nitrogens is 3. The van der Waals surface area contributed by atoms with Gasteiger partial charge in [0.25, 0.3) is 11.8 Å². The molecule has 2 aromatic carbocycles. The van der Waals surface area contributed by atoms with E-state index in [0.29, 0.717) is 76.6 Å². The summed E-state index contributed by atoms with van der Waals surface area (Å²) in [5, 5.41) is 20.2. The number of anilines is 2. The zero-order chi connectivity index (χ0) is 36.7. The molecule has 11 nitrogen and oxygen atoms in total. The van der Waals surface area contributed by atoms with Gasteiger partial charge in [-0.1, -0.05) is 35.9 Å². The van der Waals surface area contributed by atoms with E-state index in [1.54, 1.807) is 46.8 Å². The lowest BCUT2D eigenvalue weighted by molar-refractivity contribution is 0.0191. The number of morpholine rings is 1. The molecule has 7 rings (SSSR count). The van der Waals surface area contributed by atoms with Gasteiger partial charge in [-0.05, 0) is 73.9 Å². The van der Waals surface area contributed by atoms with Gasteiger partial charge in [-0.15, -0.1) is 0 Å². The number of carbonyl (C=O) groups excluding carboxylic acids is 2. The van der Waals surface area contributed by atoms with Gasteiger partial charge in [0.1, 0.15) is 23.2 Å². The lowest BCUT2D eigenvalue weighted by atomic mass is 9.92. The van der Waals surface area contributed by atoms with Crippen LogP contribution in [0.1, 0.15) is 49.1 Å². The molecule has 1 N–H and O–H groups in total. The van der Waals surface area contributed by atoms with Crippen molar-refractivity contribution < 1.29 is 19.4 Å². The maximum Gasteiger partial charge on any atom is 0.273 e. The van der Waals surface area contributed by atoms with Crippen molar-refractivity contribution in [2.24, 2.45) is 14.1 Å².